The van der Waals surface area contributed by atoms with E-state index in [1.54, 1.807) is 7.11 Å². The fourth-order valence-electron chi connectivity index (χ4n) is 2.54. The number of ether oxygens (including phenoxy) is 1. The van der Waals surface area contributed by atoms with Crippen LogP contribution in [-0.2, 0) is 0 Å². The molecule has 0 fully saturated rings. The minimum Gasteiger partial charge on any atom is -0.495 e. The minimum atomic E-state index is 0.292. The molecule has 134 valence electrons. The zero-order valence-electron chi connectivity index (χ0n) is 15.4. The maximum absolute atomic E-state index is 5.42. The van der Waals surface area contributed by atoms with Gasteiger partial charge >= 0.3 is 0 Å². The average Bonchev–Trinajstić information content (AvgIpc) is 2.69. The second-order valence-electron chi connectivity index (χ2n) is 6.11. The number of para-hydroxylation sites is 2. The van der Waals surface area contributed by atoms with Crippen molar-refractivity contribution in [2.45, 2.75) is 26.3 Å². The van der Waals surface area contributed by atoms with Gasteiger partial charge in [0.05, 0.1) is 18.5 Å². The van der Waals surface area contributed by atoms with Crippen molar-refractivity contribution < 1.29 is 4.74 Å². The molecule has 5 heteroatoms. The van der Waals surface area contributed by atoms with Crippen LogP contribution in [0.1, 0.15) is 20.3 Å². The van der Waals surface area contributed by atoms with E-state index in [0.29, 0.717) is 17.8 Å². The summed E-state index contributed by atoms with van der Waals surface area (Å²) in [6.45, 7) is 4.25. The van der Waals surface area contributed by atoms with E-state index in [4.69, 9.17) is 4.74 Å². The van der Waals surface area contributed by atoms with E-state index >= 15 is 0 Å². The number of benzene rings is 2. The highest BCUT2D eigenvalue weighted by Gasteiger charge is 2.10. The lowest BCUT2D eigenvalue weighted by molar-refractivity contribution is 0.417. The van der Waals surface area contributed by atoms with Crippen molar-refractivity contribution in [1.29, 1.82) is 0 Å². The number of nitrogens with zero attached hydrogens (tertiary/aromatic N) is 2. The summed E-state index contributed by atoms with van der Waals surface area (Å²) in [6.07, 6.45) is 0.994. The van der Waals surface area contributed by atoms with Crippen LogP contribution in [0.2, 0.25) is 0 Å². The molecule has 5 nitrogen and oxygen atoms in total. The molecule has 0 aliphatic carbocycles. The van der Waals surface area contributed by atoms with E-state index < -0.39 is 0 Å². The first-order valence-corrected chi connectivity index (χ1v) is 8.80. The molecule has 0 bridgehead atoms. The van der Waals surface area contributed by atoms with Crippen LogP contribution < -0.4 is 15.4 Å². The van der Waals surface area contributed by atoms with Crippen molar-refractivity contribution in [3.63, 3.8) is 0 Å². The summed E-state index contributed by atoms with van der Waals surface area (Å²) in [7, 11) is 1.66. The Labute approximate surface area is 154 Å². The molecule has 3 rings (SSSR count). The predicted molar refractivity (Wildman–Crippen MR) is 107 cm³/mol. The highest BCUT2D eigenvalue weighted by atomic mass is 16.5. The molecule has 0 saturated carbocycles. The molecule has 2 aromatic carbocycles. The average molecular weight is 348 g/mol. The summed E-state index contributed by atoms with van der Waals surface area (Å²) < 4.78 is 5.42. The Bertz CT molecular complexity index is 852. The Kier molecular flexibility index (Phi) is 5.69. The van der Waals surface area contributed by atoms with Crippen molar-refractivity contribution in [1.82, 2.24) is 9.97 Å². The van der Waals surface area contributed by atoms with Gasteiger partial charge in [-0.1, -0.05) is 49.4 Å². The molecule has 0 aliphatic rings. The maximum atomic E-state index is 5.42. The minimum absolute atomic E-state index is 0.292. The second kappa shape index (κ2) is 8.34. The molecule has 2 N–H and O–H groups in total. The van der Waals surface area contributed by atoms with E-state index in [1.165, 1.54) is 0 Å². The number of rotatable bonds is 7. The lowest BCUT2D eigenvalue weighted by Crippen LogP contribution is -2.16. The summed E-state index contributed by atoms with van der Waals surface area (Å²) >= 11 is 0. The van der Waals surface area contributed by atoms with Gasteiger partial charge in [-0.2, -0.15) is 4.98 Å². The van der Waals surface area contributed by atoms with Gasteiger partial charge in [-0.25, -0.2) is 4.98 Å². The lowest BCUT2D eigenvalue weighted by Gasteiger charge is -2.15. The number of hydrogen-bond acceptors (Lipinski definition) is 5. The number of aromatic nitrogens is 2. The van der Waals surface area contributed by atoms with Gasteiger partial charge in [0.15, 0.2) is 0 Å². The van der Waals surface area contributed by atoms with Crippen LogP contribution in [-0.4, -0.2) is 23.1 Å². The molecule has 1 heterocycles. The van der Waals surface area contributed by atoms with Crippen molar-refractivity contribution in [3.05, 3.63) is 60.7 Å². The van der Waals surface area contributed by atoms with Crippen molar-refractivity contribution >= 4 is 17.5 Å². The van der Waals surface area contributed by atoms with E-state index in [0.717, 1.165) is 29.1 Å². The SMILES string of the molecule is CC[C@H](C)Nc1nc(Nc2ccccc2OC)cc(-c2ccccc2)n1. The molecule has 1 aromatic heterocycles. The van der Waals surface area contributed by atoms with Crippen molar-refractivity contribution in [2.24, 2.45) is 0 Å². The summed E-state index contributed by atoms with van der Waals surface area (Å²) in [5.41, 5.74) is 2.77. The molecule has 0 amide bonds. The fraction of sp³-hybridized carbons (Fsp3) is 0.238. The van der Waals surface area contributed by atoms with E-state index in [-0.39, 0.29) is 0 Å². The molecule has 26 heavy (non-hydrogen) atoms. The number of nitrogens with one attached hydrogen (secondary N) is 2. The Balaban J connectivity index is 1.99. The zero-order valence-corrected chi connectivity index (χ0v) is 15.4. The Morgan fingerprint density at radius 2 is 1.73 bits per heavy atom. The van der Waals surface area contributed by atoms with Crippen LogP contribution >= 0.6 is 0 Å². The molecule has 0 radical (unpaired) electrons. The molecule has 1 atom stereocenters. The van der Waals surface area contributed by atoms with E-state index in [2.05, 4.69) is 34.4 Å². The van der Waals surface area contributed by atoms with Gasteiger partial charge in [-0.3, -0.25) is 0 Å². The molecular weight excluding hydrogens is 324 g/mol. The van der Waals surface area contributed by atoms with Gasteiger partial charge in [-0.15, -0.1) is 0 Å². The van der Waals surface area contributed by atoms with Crippen LogP contribution in [0.25, 0.3) is 11.3 Å². The van der Waals surface area contributed by atoms with Gasteiger partial charge in [0.2, 0.25) is 5.95 Å². The topological polar surface area (TPSA) is 59.1 Å². The zero-order chi connectivity index (χ0) is 18.4. The standard InChI is InChI=1S/C21H24N4O/c1-4-15(2)22-21-24-18(16-10-6-5-7-11-16)14-20(25-21)23-17-12-8-9-13-19(17)26-3/h5-15H,4H2,1-3H3,(H2,22,23,24,25)/t15-/m0/s1. The predicted octanol–water partition coefficient (Wildman–Crippen LogP) is 5.11. The van der Waals surface area contributed by atoms with Gasteiger partial charge in [0.1, 0.15) is 11.6 Å². The summed E-state index contributed by atoms with van der Waals surface area (Å²) in [5.74, 6) is 2.09. The van der Waals surface area contributed by atoms with Crippen LogP contribution in [0, 0.1) is 0 Å². The van der Waals surface area contributed by atoms with Crippen LogP contribution in [0.5, 0.6) is 5.75 Å². The highest BCUT2D eigenvalue weighted by molar-refractivity contribution is 5.69. The largest absolute Gasteiger partial charge is 0.495 e. The number of anilines is 3. The summed E-state index contributed by atoms with van der Waals surface area (Å²) in [6, 6.07) is 20.1. The Hall–Kier alpha value is -3.08. The molecule has 3 aromatic rings. The van der Waals surface area contributed by atoms with E-state index in [1.807, 2.05) is 60.7 Å². The first-order valence-electron chi connectivity index (χ1n) is 8.80. The summed E-state index contributed by atoms with van der Waals surface area (Å²) in [5, 5.41) is 6.71. The first-order chi connectivity index (χ1) is 12.7. The van der Waals surface area contributed by atoms with E-state index in [9.17, 15) is 0 Å². The van der Waals surface area contributed by atoms with Gasteiger partial charge in [0.25, 0.3) is 0 Å². The molecular formula is C21H24N4O. The number of methoxy groups -OCH3 is 1. The quantitative estimate of drug-likeness (QED) is 0.621. The van der Waals surface area contributed by atoms with Gasteiger partial charge in [0, 0.05) is 17.7 Å². The van der Waals surface area contributed by atoms with Crippen molar-refractivity contribution in [2.75, 3.05) is 17.7 Å². The third-order valence-electron chi connectivity index (χ3n) is 4.15. The third kappa shape index (κ3) is 4.30. The van der Waals surface area contributed by atoms with Gasteiger partial charge in [-0.05, 0) is 25.5 Å². The van der Waals surface area contributed by atoms with Gasteiger partial charge < -0.3 is 15.4 Å². The summed E-state index contributed by atoms with van der Waals surface area (Å²) in [4.78, 5) is 9.31. The van der Waals surface area contributed by atoms with Crippen LogP contribution in [0.4, 0.5) is 17.5 Å². The fourth-order valence-corrected chi connectivity index (χ4v) is 2.54. The molecule has 0 spiro atoms. The highest BCUT2D eigenvalue weighted by Crippen LogP contribution is 2.28. The molecule has 0 unspecified atom stereocenters. The molecule has 0 aliphatic heterocycles. The van der Waals surface area contributed by atoms with Crippen molar-refractivity contribution in [3.8, 4) is 17.0 Å². The van der Waals surface area contributed by atoms with Crippen LogP contribution in [0.15, 0.2) is 60.7 Å². The smallest absolute Gasteiger partial charge is 0.225 e. The maximum Gasteiger partial charge on any atom is 0.225 e. The Morgan fingerprint density at radius 3 is 2.46 bits per heavy atom. The first kappa shape index (κ1) is 17.7. The second-order valence-corrected chi connectivity index (χ2v) is 6.11. The monoisotopic (exact) mass is 348 g/mol. The molecule has 0 saturated heterocycles. The Morgan fingerprint density at radius 1 is 1.00 bits per heavy atom. The normalized spacial score (nSPS) is 11.7. The third-order valence-corrected chi connectivity index (χ3v) is 4.15. The number of hydrogen-bond donors (Lipinski definition) is 2. The van der Waals surface area contributed by atoms with Crippen LogP contribution in [0.3, 0.4) is 0 Å². The lowest BCUT2D eigenvalue weighted by atomic mass is 10.1.